The van der Waals surface area contributed by atoms with Gasteiger partial charge in [0.15, 0.2) is 6.23 Å². The minimum absolute atomic E-state index is 0.0695. The van der Waals surface area contributed by atoms with E-state index in [9.17, 15) is 5.11 Å². The number of anilines is 1. The molecule has 2 atom stereocenters. The van der Waals surface area contributed by atoms with Gasteiger partial charge in [-0.25, -0.2) is 9.67 Å². The minimum Gasteiger partial charge on any atom is -0.385 e. The molecule has 182 valence electrons. The fraction of sp³-hybridized carbons (Fsp3) is 0.640. The highest BCUT2D eigenvalue weighted by Crippen LogP contribution is 2.44. The Morgan fingerprint density at radius 3 is 2.82 bits per heavy atom. The van der Waals surface area contributed by atoms with E-state index in [0.717, 1.165) is 91.1 Å². The lowest BCUT2D eigenvalue weighted by Crippen LogP contribution is -2.44. The molecule has 3 fully saturated rings. The van der Waals surface area contributed by atoms with Crippen molar-refractivity contribution < 1.29 is 14.6 Å². The monoisotopic (exact) mass is 483 g/mol. The zero-order valence-corrected chi connectivity index (χ0v) is 20.6. The van der Waals surface area contributed by atoms with Gasteiger partial charge in [-0.05, 0) is 62.7 Å². The molecule has 34 heavy (non-hydrogen) atoms. The van der Waals surface area contributed by atoms with Crippen LogP contribution in [0.1, 0.15) is 70.1 Å². The van der Waals surface area contributed by atoms with Crippen LogP contribution in [0.4, 0.5) is 5.82 Å². The van der Waals surface area contributed by atoms with Crippen LogP contribution in [0.5, 0.6) is 0 Å². The highest BCUT2D eigenvalue weighted by molar-refractivity contribution is 7.13. The fourth-order valence-electron chi connectivity index (χ4n) is 5.69. The van der Waals surface area contributed by atoms with Crippen molar-refractivity contribution in [3.05, 3.63) is 23.9 Å². The van der Waals surface area contributed by atoms with Crippen LogP contribution in [0.15, 0.2) is 18.3 Å². The molecule has 1 saturated carbocycles. The first-order valence-electron chi connectivity index (χ1n) is 12.7. The number of rotatable bonds is 4. The lowest BCUT2D eigenvalue weighted by atomic mass is 9.79. The molecule has 6 rings (SSSR count). The first-order valence-corrected chi connectivity index (χ1v) is 13.4. The summed E-state index contributed by atoms with van der Waals surface area (Å²) < 4.78 is 19.6. The molecule has 1 aliphatic carbocycles. The molecule has 0 bridgehead atoms. The molecule has 2 saturated heterocycles. The SMILES string of the molecule is CC1COCCN1c1cc(C2(O)CCCCC2)c2snc(-c3ccnn3C3CCCCO3)c2n1. The second-order valence-electron chi connectivity index (χ2n) is 9.93. The normalized spacial score (nSPS) is 25.6. The number of fused-ring (bicyclic) bond motifs is 1. The number of ether oxygens (including phenoxy) is 2. The van der Waals surface area contributed by atoms with Gasteiger partial charge in [0.05, 0.1) is 35.3 Å². The highest BCUT2D eigenvalue weighted by Gasteiger charge is 2.36. The topological polar surface area (TPSA) is 85.5 Å². The number of aromatic nitrogens is 4. The van der Waals surface area contributed by atoms with E-state index < -0.39 is 5.60 Å². The van der Waals surface area contributed by atoms with E-state index in [0.29, 0.717) is 13.2 Å². The number of hydrogen-bond acceptors (Lipinski definition) is 8. The van der Waals surface area contributed by atoms with E-state index in [2.05, 4.69) is 23.0 Å². The van der Waals surface area contributed by atoms with Crippen molar-refractivity contribution in [1.82, 2.24) is 19.1 Å². The predicted octanol–water partition coefficient (Wildman–Crippen LogP) is 4.63. The molecule has 5 heterocycles. The summed E-state index contributed by atoms with van der Waals surface area (Å²) in [6.45, 7) is 5.08. The molecular formula is C25H33N5O3S. The van der Waals surface area contributed by atoms with Gasteiger partial charge in [-0.1, -0.05) is 19.3 Å². The van der Waals surface area contributed by atoms with Crippen molar-refractivity contribution in [3.8, 4) is 11.4 Å². The number of pyridine rings is 1. The van der Waals surface area contributed by atoms with E-state index in [1.54, 1.807) is 0 Å². The van der Waals surface area contributed by atoms with E-state index in [1.165, 1.54) is 18.0 Å². The van der Waals surface area contributed by atoms with E-state index in [-0.39, 0.29) is 12.3 Å². The fourth-order valence-corrected chi connectivity index (χ4v) is 6.63. The Hall–Kier alpha value is -2.07. The largest absolute Gasteiger partial charge is 0.385 e. The zero-order chi connectivity index (χ0) is 23.1. The Bertz CT molecular complexity index is 1150. The molecule has 3 aromatic heterocycles. The average Bonchev–Trinajstić information content (AvgIpc) is 3.52. The van der Waals surface area contributed by atoms with Gasteiger partial charge in [-0.2, -0.15) is 9.47 Å². The summed E-state index contributed by atoms with van der Waals surface area (Å²) in [5.74, 6) is 0.902. The van der Waals surface area contributed by atoms with E-state index >= 15 is 0 Å². The number of nitrogens with zero attached hydrogens (tertiary/aromatic N) is 5. The summed E-state index contributed by atoms with van der Waals surface area (Å²) in [7, 11) is 0. The van der Waals surface area contributed by atoms with Crippen LogP contribution in [0.3, 0.4) is 0 Å². The molecular weight excluding hydrogens is 450 g/mol. The van der Waals surface area contributed by atoms with Crippen LogP contribution in [-0.2, 0) is 15.1 Å². The van der Waals surface area contributed by atoms with Gasteiger partial charge < -0.3 is 19.5 Å². The molecule has 3 aliphatic rings. The second-order valence-corrected chi connectivity index (χ2v) is 10.7. The number of morpholine rings is 1. The van der Waals surface area contributed by atoms with Crippen LogP contribution in [-0.4, -0.2) is 56.7 Å². The van der Waals surface area contributed by atoms with Crippen LogP contribution in [0.25, 0.3) is 21.6 Å². The van der Waals surface area contributed by atoms with Crippen molar-refractivity contribution in [2.45, 2.75) is 76.2 Å². The van der Waals surface area contributed by atoms with E-state index in [1.807, 2.05) is 16.9 Å². The second kappa shape index (κ2) is 9.18. The average molecular weight is 484 g/mol. The predicted molar refractivity (Wildman–Crippen MR) is 132 cm³/mol. The molecule has 2 unspecified atom stereocenters. The van der Waals surface area contributed by atoms with Crippen molar-refractivity contribution in [1.29, 1.82) is 0 Å². The number of aliphatic hydroxyl groups is 1. The minimum atomic E-state index is -0.833. The first-order chi connectivity index (χ1) is 16.6. The van der Waals surface area contributed by atoms with Crippen LogP contribution < -0.4 is 4.90 Å². The van der Waals surface area contributed by atoms with Crippen LogP contribution >= 0.6 is 11.5 Å². The Kier molecular flexibility index (Phi) is 6.05. The molecule has 2 aliphatic heterocycles. The lowest BCUT2D eigenvalue weighted by Gasteiger charge is -2.36. The maximum atomic E-state index is 11.8. The Morgan fingerprint density at radius 1 is 1.15 bits per heavy atom. The Morgan fingerprint density at radius 2 is 2.03 bits per heavy atom. The summed E-state index contributed by atoms with van der Waals surface area (Å²) in [6.07, 6.45) is 9.76. The summed E-state index contributed by atoms with van der Waals surface area (Å²) >= 11 is 1.44. The molecule has 0 amide bonds. The van der Waals surface area contributed by atoms with Gasteiger partial charge in [0.25, 0.3) is 0 Å². The lowest BCUT2D eigenvalue weighted by molar-refractivity contribution is -0.0383. The van der Waals surface area contributed by atoms with Crippen molar-refractivity contribution >= 4 is 27.6 Å². The summed E-state index contributed by atoms with van der Waals surface area (Å²) in [4.78, 5) is 7.47. The molecule has 9 heteroatoms. The van der Waals surface area contributed by atoms with Crippen molar-refractivity contribution in [2.24, 2.45) is 0 Å². The number of hydrogen-bond donors (Lipinski definition) is 1. The smallest absolute Gasteiger partial charge is 0.150 e. The third-order valence-corrected chi connectivity index (χ3v) is 8.47. The molecule has 0 aromatic carbocycles. The van der Waals surface area contributed by atoms with Crippen LogP contribution in [0, 0.1) is 0 Å². The maximum absolute atomic E-state index is 11.8. The van der Waals surface area contributed by atoms with Crippen molar-refractivity contribution in [3.63, 3.8) is 0 Å². The van der Waals surface area contributed by atoms with Gasteiger partial charge in [0.1, 0.15) is 17.0 Å². The third-order valence-electron chi connectivity index (χ3n) is 7.60. The van der Waals surface area contributed by atoms with Gasteiger partial charge in [0.2, 0.25) is 0 Å². The molecule has 0 spiro atoms. The third kappa shape index (κ3) is 3.92. The molecule has 0 radical (unpaired) electrons. The van der Waals surface area contributed by atoms with Gasteiger partial charge in [0, 0.05) is 24.9 Å². The molecule has 8 nitrogen and oxygen atoms in total. The standard InChI is InChI=1S/C25H33N5O3S/c1-17-16-32-14-12-29(17)20-15-18(25(31)9-4-2-5-10-25)24-23(27-20)22(28-34-24)19-8-11-26-30(19)21-7-3-6-13-33-21/h8,11,15,17,21,31H,2-7,9-10,12-14,16H2,1H3. The Balaban J connectivity index is 1.50. The van der Waals surface area contributed by atoms with Crippen molar-refractivity contribution in [2.75, 3.05) is 31.3 Å². The van der Waals surface area contributed by atoms with E-state index in [4.69, 9.17) is 18.8 Å². The van der Waals surface area contributed by atoms with Gasteiger partial charge in [-0.3, -0.25) is 0 Å². The Labute approximate surface area is 204 Å². The summed E-state index contributed by atoms with van der Waals surface area (Å²) in [6, 6.07) is 4.36. The van der Waals surface area contributed by atoms with Crippen LogP contribution in [0.2, 0.25) is 0 Å². The summed E-state index contributed by atoms with van der Waals surface area (Å²) in [5, 5.41) is 16.4. The van der Waals surface area contributed by atoms with Gasteiger partial charge >= 0.3 is 0 Å². The van der Waals surface area contributed by atoms with Gasteiger partial charge in [-0.15, -0.1) is 0 Å². The first kappa shape index (κ1) is 22.4. The maximum Gasteiger partial charge on any atom is 0.150 e. The quantitative estimate of drug-likeness (QED) is 0.579. The zero-order valence-electron chi connectivity index (χ0n) is 19.8. The molecule has 1 N–H and O–H groups in total. The highest BCUT2D eigenvalue weighted by atomic mass is 32.1. The summed E-state index contributed by atoms with van der Waals surface area (Å²) in [5.41, 5.74) is 2.76. The molecule has 3 aromatic rings.